The third kappa shape index (κ3) is 3.95. The average Bonchev–Trinajstić information content (AvgIpc) is 3.05. The molecule has 0 saturated heterocycles. The lowest BCUT2D eigenvalue weighted by atomic mass is 10.1. The minimum Gasteiger partial charge on any atom is -0.324 e. The standard InChI is InChI=1S/C19H17N5O2S/c1-11-6-8-12(9-7-11)20-17(26)14-10-16(25)23-18(21-14)24-19-22-13-4-2-3-5-15(13)27-19/h2-9,14H,10H2,1H3,(H,20,26)(H2,21,22,23,24,25). The van der Waals surface area contributed by atoms with E-state index < -0.39 is 6.04 Å². The first kappa shape index (κ1) is 17.2. The van der Waals surface area contributed by atoms with E-state index >= 15 is 0 Å². The molecule has 1 aliphatic heterocycles. The van der Waals surface area contributed by atoms with Gasteiger partial charge >= 0.3 is 0 Å². The van der Waals surface area contributed by atoms with Crippen LogP contribution in [0.4, 0.5) is 10.8 Å². The number of fused-ring (bicyclic) bond motifs is 1. The molecule has 1 aromatic heterocycles. The summed E-state index contributed by atoms with van der Waals surface area (Å²) in [4.78, 5) is 33.3. The van der Waals surface area contributed by atoms with Gasteiger partial charge in [0.15, 0.2) is 5.13 Å². The number of carbonyl (C=O) groups is 2. The number of anilines is 2. The Hall–Kier alpha value is -3.26. The van der Waals surface area contributed by atoms with Gasteiger partial charge in [-0.1, -0.05) is 41.2 Å². The Balaban J connectivity index is 1.50. The number of carbonyl (C=O) groups excluding carboxylic acids is 2. The zero-order chi connectivity index (χ0) is 18.8. The van der Waals surface area contributed by atoms with E-state index in [0.29, 0.717) is 10.8 Å². The van der Waals surface area contributed by atoms with Crippen LogP contribution in [0.2, 0.25) is 0 Å². The highest BCUT2D eigenvalue weighted by molar-refractivity contribution is 7.22. The lowest BCUT2D eigenvalue weighted by molar-refractivity contribution is -0.124. The third-order valence-corrected chi connectivity index (χ3v) is 5.01. The molecule has 2 heterocycles. The molecule has 3 aromatic rings. The number of rotatable bonds is 3. The first-order valence-electron chi connectivity index (χ1n) is 8.44. The summed E-state index contributed by atoms with van der Waals surface area (Å²) in [5, 5.41) is 9.06. The molecule has 136 valence electrons. The normalized spacial score (nSPS) is 16.6. The number of nitrogens with zero attached hydrogens (tertiary/aromatic N) is 2. The second kappa shape index (κ2) is 7.16. The number of aromatic nitrogens is 1. The van der Waals surface area contributed by atoms with Gasteiger partial charge in [0.2, 0.25) is 17.8 Å². The highest BCUT2D eigenvalue weighted by Crippen LogP contribution is 2.25. The summed E-state index contributed by atoms with van der Waals surface area (Å²) in [5.41, 5.74) is 2.64. The van der Waals surface area contributed by atoms with E-state index in [4.69, 9.17) is 0 Å². The van der Waals surface area contributed by atoms with Crippen molar-refractivity contribution in [2.24, 2.45) is 4.99 Å². The van der Waals surface area contributed by atoms with Gasteiger partial charge < -0.3 is 10.6 Å². The van der Waals surface area contributed by atoms with Crippen LogP contribution in [0, 0.1) is 6.92 Å². The second-order valence-corrected chi connectivity index (χ2v) is 7.24. The molecular weight excluding hydrogens is 362 g/mol. The smallest absolute Gasteiger partial charge is 0.249 e. The van der Waals surface area contributed by atoms with Crippen LogP contribution in [0.5, 0.6) is 0 Å². The number of thiazole rings is 1. The Bertz CT molecular complexity index is 1010. The molecule has 7 nitrogen and oxygen atoms in total. The second-order valence-electron chi connectivity index (χ2n) is 6.21. The van der Waals surface area contributed by atoms with Crippen LogP contribution in [0.15, 0.2) is 53.5 Å². The molecule has 0 saturated carbocycles. The quantitative estimate of drug-likeness (QED) is 0.652. The monoisotopic (exact) mass is 379 g/mol. The molecule has 2 amide bonds. The fourth-order valence-electron chi connectivity index (χ4n) is 2.70. The van der Waals surface area contributed by atoms with Crippen LogP contribution in [-0.2, 0) is 9.59 Å². The van der Waals surface area contributed by atoms with Gasteiger partial charge in [0.1, 0.15) is 6.04 Å². The van der Waals surface area contributed by atoms with Crippen LogP contribution in [-0.4, -0.2) is 28.8 Å². The minimum atomic E-state index is -0.795. The molecule has 27 heavy (non-hydrogen) atoms. The Morgan fingerprint density at radius 2 is 1.96 bits per heavy atom. The van der Waals surface area contributed by atoms with Gasteiger partial charge in [-0.05, 0) is 31.2 Å². The van der Waals surface area contributed by atoms with E-state index in [1.54, 1.807) is 0 Å². The molecule has 0 aliphatic carbocycles. The van der Waals surface area contributed by atoms with Crippen molar-refractivity contribution in [3.8, 4) is 0 Å². The first-order valence-corrected chi connectivity index (χ1v) is 9.26. The Morgan fingerprint density at radius 1 is 1.19 bits per heavy atom. The molecule has 0 fully saturated rings. The molecule has 0 radical (unpaired) electrons. The van der Waals surface area contributed by atoms with Crippen LogP contribution in [0.3, 0.4) is 0 Å². The summed E-state index contributed by atoms with van der Waals surface area (Å²) in [5.74, 6) is -0.357. The molecule has 1 aliphatic rings. The van der Waals surface area contributed by atoms with Crippen molar-refractivity contribution < 1.29 is 9.59 Å². The Labute approximate surface area is 159 Å². The minimum absolute atomic E-state index is 0.00270. The van der Waals surface area contributed by atoms with Gasteiger partial charge in [-0.25, -0.2) is 9.98 Å². The van der Waals surface area contributed by atoms with Crippen molar-refractivity contribution >= 4 is 50.1 Å². The van der Waals surface area contributed by atoms with Crippen LogP contribution in [0.25, 0.3) is 10.2 Å². The van der Waals surface area contributed by atoms with Gasteiger partial charge in [0.25, 0.3) is 0 Å². The van der Waals surface area contributed by atoms with E-state index in [1.807, 2.05) is 55.5 Å². The van der Waals surface area contributed by atoms with Crippen molar-refractivity contribution in [1.82, 2.24) is 10.3 Å². The van der Waals surface area contributed by atoms with Crippen LogP contribution in [0.1, 0.15) is 12.0 Å². The zero-order valence-corrected chi connectivity index (χ0v) is 15.3. The van der Waals surface area contributed by atoms with Gasteiger partial charge in [0, 0.05) is 5.69 Å². The maximum absolute atomic E-state index is 12.5. The summed E-state index contributed by atoms with van der Waals surface area (Å²) in [6, 6.07) is 14.4. The van der Waals surface area contributed by atoms with Crippen LogP contribution < -0.4 is 16.0 Å². The maximum atomic E-state index is 12.5. The topological polar surface area (TPSA) is 95.5 Å². The van der Waals surface area contributed by atoms with Gasteiger partial charge in [0.05, 0.1) is 16.6 Å². The first-order chi connectivity index (χ1) is 13.1. The molecule has 2 aromatic carbocycles. The number of amides is 2. The van der Waals surface area contributed by atoms with E-state index in [9.17, 15) is 9.59 Å². The SMILES string of the molecule is Cc1ccc(NC(=O)C2CC(=O)NC(Nc3nc4ccccc4s3)=N2)cc1. The predicted octanol–water partition coefficient (Wildman–Crippen LogP) is 2.90. The fourth-order valence-corrected chi connectivity index (χ4v) is 3.56. The number of hydrogen-bond donors (Lipinski definition) is 3. The van der Waals surface area contributed by atoms with Gasteiger partial charge in [-0.3, -0.25) is 14.9 Å². The van der Waals surface area contributed by atoms with E-state index in [2.05, 4.69) is 25.9 Å². The molecule has 3 N–H and O–H groups in total. The van der Waals surface area contributed by atoms with E-state index in [0.717, 1.165) is 15.8 Å². The molecule has 4 rings (SSSR count). The molecule has 0 spiro atoms. The van der Waals surface area contributed by atoms with Crippen molar-refractivity contribution in [3.63, 3.8) is 0 Å². The number of para-hydroxylation sites is 1. The van der Waals surface area contributed by atoms with Crippen molar-refractivity contribution in [2.75, 3.05) is 10.6 Å². The number of benzene rings is 2. The third-order valence-electron chi connectivity index (χ3n) is 4.06. The summed E-state index contributed by atoms with van der Waals surface area (Å²) < 4.78 is 1.02. The van der Waals surface area contributed by atoms with E-state index in [-0.39, 0.29) is 24.2 Å². The predicted molar refractivity (Wildman–Crippen MR) is 107 cm³/mol. The molecule has 1 atom stereocenters. The highest BCUT2D eigenvalue weighted by Gasteiger charge is 2.27. The van der Waals surface area contributed by atoms with Crippen molar-refractivity contribution in [3.05, 3.63) is 54.1 Å². The number of guanidine groups is 1. The number of aryl methyl sites for hydroxylation is 1. The van der Waals surface area contributed by atoms with Crippen molar-refractivity contribution in [1.29, 1.82) is 0 Å². The largest absolute Gasteiger partial charge is 0.324 e. The molecular formula is C19H17N5O2S. The average molecular weight is 379 g/mol. The summed E-state index contributed by atoms with van der Waals surface area (Å²) in [7, 11) is 0. The summed E-state index contributed by atoms with van der Waals surface area (Å²) in [6.07, 6.45) is 0.00270. The van der Waals surface area contributed by atoms with Crippen molar-refractivity contribution in [2.45, 2.75) is 19.4 Å². The number of nitrogens with one attached hydrogen (secondary N) is 3. The summed E-state index contributed by atoms with van der Waals surface area (Å²) in [6.45, 7) is 1.97. The Kier molecular flexibility index (Phi) is 4.55. The summed E-state index contributed by atoms with van der Waals surface area (Å²) >= 11 is 1.45. The number of hydrogen-bond acceptors (Lipinski definition) is 6. The lowest BCUT2D eigenvalue weighted by Gasteiger charge is -2.20. The zero-order valence-electron chi connectivity index (χ0n) is 14.5. The van der Waals surface area contributed by atoms with E-state index in [1.165, 1.54) is 11.3 Å². The number of aliphatic imine (C=N–C) groups is 1. The lowest BCUT2D eigenvalue weighted by Crippen LogP contribution is -2.45. The maximum Gasteiger partial charge on any atom is 0.249 e. The van der Waals surface area contributed by atoms with Gasteiger partial charge in [-0.2, -0.15) is 0 Å². The molecule has 1 unspecified atom stereocenters. The Morgan fingerprint density at radius 3 is 2.74 bits per heavy atom. The fraction of sp³-hybridized carbons (Fsp3) is 0.158. The van der Waals surface area contributed by atoms with Gasteiger partial charge in [-0.15, -0.1) is 0 Å². The molecule has 0 bridgehead atoms. The highest BCUT2D eigenvalue weighted by atomic mass is 32.1. The van der Waals surface area contributed by atoms with Crippen LogP contribution >= 0.6 is 11.3 Å². The molecule has 8 heteroatoms.